The quantitative estimate of drug-likeness (QED) is 0.558. The summed E-state index contributed by atoms with van der Waals surface area (Å²) in [5, 5.41) is 13.2. The third-order valence-corrected chi connectivity index (χ3v) is 6.94. The Bertz CT molecular complexity index is 1320. The number of carbonyl (C=O) groups excluding carboxylic acids is 3. The van der Waals surface area contributed by atoms with Gasteiger partial charge in [-0.25, -0.2) is 9.59 Å². The summed E-state index contributed by atoms with van der Waals surface area (Å²) in [7, 11) is 2.39. The van der Waals surface area contributed by atoms with Crippen LogP contribution >= 0.6 is 0 Å². The van der Waals surface area contributed by atoms with Crippen LogP contribution in [0.15, 0.2) is 77.3 Å². The number of anilines is 1. The lowest BCUT2D eigenvalue weighted by atomic mass is 9.81. The maximum atomic E-state index is 13.1. The van der Waals surface area contributed by atoms with Gasteiger partial charge in [-0.3, -0.25) is 9.69 Å². The Balaban J connectivity index is 1.80. The number of benzene rings is 2. The van der Waals surface area contributed by atoms with Gasteiger partial charge in [-0.05, 0) is 42.7 Å². The van der Waals surface area contributed by atoms with Crippen molar-refractivity contribution in [3.05, 3.63) is 88.4 Å². The van der Waals surface area contributed by atoms with Gasteiger partial charge in [-0.2, -0.15) is 5.26 Å². The Morgan fingerprint density at radius 3 is 2.16 bits per heavy atom. The molecule has 2 aromatic carbocycles. The molecule has 1 heterocycles. The minimum atomic E-state index is -0.945. The molecule has 0 spiro atoms. The van der Waals surface area contributed by atoms with Gasteiger partial charge >= 0.3 is 11.9 Å². The maximum Gasteiger partial charge on any atom is 0.355 e. The van der Waals surface area contributed by atoms with Gasteiger partial charge in [0.15, 0.2) is 0 Å². The average Bonchev–Trinajstić information content (AvgIpc) is 2.96. The van der Waals surface area contributed by atoms with Gasteiger partial charge in [-0.15, -0.1) is 0 Å². The molecule has 0 saturated heterocycles. The molecule has 1 amide bonds. The summed E-state index contributed by atoms with van der Waals surface area (Å²) in [4.78, 5) is 40.4. The van der Waals surface area contributed by atoms with E-state index in [9.17, 15) is 19.6 Å². The molecule has 1 fully saturated rings. The zero-order chi connectivity index (χ0) is 27.2. The molecule has 9 nitrogen and oxygen atoms in total. The van der Waals surface area contributed by atoms with E-state index < -0.39 is 17.9 Å². The number of nitrogens with zero attached hydrogens (tertiary/aromatic N) is 2. The lowest BCUT2D eigenvalue weighted by molar-refractivity contribution is -0.139. The maximum absolute atomic E-state index is 13.1. The van der Waals surface area contributed by atoms with E-state index in [1.54, 1.807) is 54.6 Å². The van der Waals surface area contributed by atoms with Crippen molar-refractivity contribution in [2.45, 2.75) is 44.1 Å². The highest BCUT2D eigenvalue weighted by Gasteiger charge is 2.43. The van der Waals surface area contributed by atoms with Crippen LogP contribution in [0.4, 0.5) is 5.69 Å². The zero-order valence-electron chi connectivity index (χ0n) is 21.4. The van der Waals surface area contributed by atoms with Gasteiger partial charge in [0.05, 0.1) is 37.4 Å². The Morgan fingerprint density at radius 1 is 0.947 bits per heavy atom. The smallest absolute Gasteiger partial charge is 0.355 e. The number of methoxy groups -OCH3 is 2. The Hall–Kier alpha value is -4.58. The summed E-state index contributed by atoms with van der Waals surface area (Å²) in [5.41, 5.74) is 7.75. The summed E-state index contributed by atoms with van der Waals surface area (Å²) < 4.78 is 10.1. The SMILES string of the molecule is COC(=O)C1=C(C(=O)OC)N(c2ccc(C(=O)NC3CCCCC3)cc2)C(N)=C(C#N)C1c1ccccc1. The van der Waals surface area contributed by atoms with Crippen LogP contribution in [-0.2, 0) is 19.1 Å². The minimum Gasteiger partial charge on any atom is -0.466 e. The van der Waals surface area contributed by atoms with E-state index in [1.807, 2.05) is 0 Å². The summed E-state index contributed by atoms with van der Waals surface area (Å²) in [5.74, 6) is -2.79. The molecule has 9 heteroatoms. The minimum absolute atomic E-state index is 0.0335. The zero-order valence-corrected chi connectivity index (χ0v) is 21.4. The van der Waals surface area contributed by atoms with E-state index in [-0.39, 0.29) is 34.6 Å². The van der Waals surface area contributed by atoms with Crippen molar-refractivity contribution in [1.82, 2.24) is 5.32 Å². The molecule has 196 valence electrons. The fourth-order valence-electron chi connectivity index (χ4n) is 5.06. The number of nitrogens with one attached hydrogen (secondary N) is 1. The first-order valence-electron chi connectivity index (χ1n) is 12.5. The van der Waals surface area contributed by atoms with Crippen LogP contribution in [0.3, 0.4) is 0 Å². The number of hydrogen-bond acceptors (Lipinski definition) is 8. The number of allylic oxidation sites excluding steroid dienone is 1. The van der Waals surface area contributed by atoms with E-state index in [1.165, 1.54) is 25.5 Å². The number of ether oxygens (including phenoxy) is 2. The van der Waals surface area contributed by atoms with Crippen LogP contribution in [0, 0.1) is 11.3 Å². The highest BCUT2D eigenvalue weighted by atomic mass is 16.5. The third-order valence-electron chi connectivity index (χ3n) is 6.94. The largest absolute Gasteiger partial charge is 0.466 e. The Kier molecular flexibility index (Phi) is 8.12. The Labute approximate surface area is 221 Å². The van der Waals surface area contributed by atoms with E-state index >= 15 is 0 Å². The topological polar surface area (TPSA) is 135 Å². The molecule has 1 unspecified atom stereocenters. The number of nitrogens with two attached hydrogens (primary N) is 1. The molecular formula is C29H30N4O5. The van der Waals surface area contributed by atoms with Crippen molar-refractivity contribution in [2.24, 2.45) is 5.73 Å². The normalized spacial score (nSPS) is 18.0. The van der Waals surface area contributed by atoms with Crippen LogP contribution in [0.25, 0.3) is 0 Å². The number of esters is 2. The van der Waals surface area contributed by atoms with Gasteiger partial charge in [0.1, 0.15) is 11.5 Å². The summed E-state index contributed by atoms with van der Waals surface area (Å²) in [6.45, 7) is 0. The second-order valence-corrected chi connectivity index (χ2v) is 9.19. The van der Waals surface area contributed by atoms with Crippen LogP contribution < -0.4 is 16.0 Å². The number of nitriles is 1. The standard InChI is InChI=1S/C29H30N4O5/c1-37-28(35)24-23(18-9-5-3-6-10-18)22(17-30)26(31)33(25(24)29(36)38-2)21-15-13-19(14-16-21)27(34)32-20-11-7-4-8-12-20/h3,5-6,9-10,13-16,20,23H,4,7-8,11-12,31H2,1-2H3,(H,32,34). The molecule has 2 aliphatic rings. The van der Waals surface area contributed by atoms with Crippen molar-refractivity contribution >= 4 is 23.5 Å². The Morgan fingerprint density at radius 2 is 1.58 bits per heavy atom. The monoisotopic (exact) mass is 514 g/mol. The van der Waals surface area contributed by atoms with Crippen molar-refractivity contribution in [3.8, 4) is 6.07 Å². The van der Waals surface area contributed by atoms with Gasteiger partial charge < -0.3 is 20.5 Å². The molecule has 4 rings (SSSR count). The highest BCUT2D eigenvalue weighted by molar-refractivity contribution is 6.06. The number of rotatable bonds is 6. The van der Waals surface area contributed by atoms with Crippen LogP contribution in [-0.4, -0.2) is 38.1 Å². The van der Waals surface area contributed by atoms with Crippen LogP contribution in [0.2, 0.25) is 0 Å². The second kappa shape index (κ2) is 11.6. The van der Waals surface area contributed by atoms with Crippen molar-refractivity contribution in [1.29, 1.82) is 5.26 Å². The lowest BCUT2D eigenvalue weighted by Crippen LogP contribution is -2.40. The first-order chi connectivity index (χ1) is 18.4. The van der Waals surface area contributed by atoms with Crippen molar-refractivity contribution in [3.63, 3.8) is 0 Å². The van der Waals surface area contributed by atoms with Crippen molar-refractivity contribution < 1.29 is 23.9 Å². The molecule has 1 atom stereocenters. The molecule has 0 aromatic heterocycles. The van der Waals surface area contributed by atoms with Gasteiger partial charge in [-0.1, -0.05) is 49.6 Å². The molecule has 3 N–H and O–H groups in total. The first-order valence-corrected chi connectivity index (χ1v) is 12.5. The molecule has 1 saturated carbocycles. The molecule has 38 heavy (non-hydrogen) atoms. The number of hydrogen-bond donors (Lipinski definition) is 2. The molecule has 1 aliphatic carbocycles. The van der Waals surface area contributed by atoms with E-state index in [0.29, 0.717) is 16.8 Å². The molecule has 1 aliphatic heterocycles. The lowest BCUT2D eigenvalue weighted by Gasteiger charge is -2.35. The van der Waals surface area contributed by atoms with Crippen LogP contribution in [0.5, 0.6) is 0 Å². The predicted molar refractivity (Wildman–Crippen MR) is 140 cm³/mol. The molecule has 0 bridgehead atoms. The van der Waals surface area contributed by atoms with E-state index in [4.69, 9.17) is 15.2 Å². The number of amides is 1. The third kappa shape index (κ3) is 5.11. The van der Waals surface area contributed by atoms with Gasteiger partial charge in [0, 0.05) is 17.3 Å². The van der Waals surface area contributed by atoms with E-state index in [2.05, 4.69) is 11.4 Å². The van der Waals surface area contributed by atoms with Crippen LogP contribution in [0.1, 0.15) is 53.9 Å². The molecule has 0 radical (unpaired) electrons. The highest BCUT2D eigenvalue weighted by Crippen LogP contribution is 2.43. The predicted octanol–water partition coefficient (Wildman–Crippen LogP) is 3.65. The second-order valence-electron chi connectivity index (χ2n) is 9.19. The summed E-state index contributed by atoms with van der Waals surface area (Å²) in [6, 6.07) is 17.5. The summed E-state index contributed by atoms with van der Waals surface area (Å²) in [6.07, 6.45) is 5.30. The fraction of sp³-hybridized carbons (Fsp3) is 0.310. The molecule has 2 aromatic rings. The van der Waals surface area contributed by atoms with Crippen molar-refractivity contribution in [2.75, 3.05) is 19.1 Å². The number of carbonyl (C=O) groups is 3. The van der Waals surface area contributed by atoms with Gasteiger partial charge in [0.2, 0.25) is 0 Å². The van der Waals surface area contributed by atoms with E-state index in [0.717, 1.165) is 25.7 Å². The fourth-order valence-corrected chi connectivity index (χ4v) is 5.06. The van der Waals surface area contributed by atoms with Gasteiger partial charge in [0.25, 0.3) is 5.91 Å². The summed E-state index contributed by atoms with van der Waals surface area (Å²) >= 11 is 0. The average molecular weight is 515 g/mol. The first kappa shape index (κ1) is 26.5. The molecular weight excluding hydrogens is 484 g/mol.